The summed E-state index contributed by atoms with van der Waals surface area (Å²) >= 11 is 0. The van der Waals surface area contributed by atoms with Gasteiger partial charge >= 0.3 is 0 Å². The van der Waals surface area contributed by atoms with Crippen molar-refractivity contribution >= 4 is 10.0 Å². The summed E-state index contributed by atoms with van der Waals surface area (Å²) in [6.45, 7) is 8.26. The normalized spacial score (nSPS) is 27.2. The first-order chi connectivity index (χ1) is 10.4. The van der Waals surface area contributed by atoms with Crippen LogP contribution in [0.3, 0.4) is 0 Å². The van der Waals surface area contributed by atoms with Crippen LogP contribution in [-0.2, 0) is 16.6 Å². The minimum absolute atomic E-state index is 0.00845. The Labute approximate surface area is 132 Å². The fourth-order valence-electron chi connectivity index (χ4n) is 3.49. The maximum absolute atomic E-state index is 12.6. The summed E-state index contributed by atoms with van der Waals surface area (Å²) in [4.78, 5) is 5.01. The minimum Gasteiger partial charge on any atom is -0.304 e. The smallest absolute Gasteiger partial charge is 0.244 e. The van der Waals surface area contributed by atoms with Gasteiger partial charge in [0, 0.05) is 51.0 Å². The molecule has 1 N–H and O–H groups in total. The van der Waals surface area contributed by atoms with E-state index in [1.54, 1.807) is 17.8 Å². The Kier molecular flexibility index (Phi) is 4.28. The molecule has 0 spiro atoms. The average molecular weight is 327 g/mol. The Morgan fingerprint density at radius 1 is 1.36 bits per heavy atom. The van der Waals surface area contributed by atoms with Crippen LogP contribution >= 0.6 is 0 Å². The van der Waals surface area contributed by atoms with Gasteiger partial charge < -0.3 is 4.90 Å². The van der Waals surface area contributed by atoms with Gasteiger partial charge in [-0.25, -0.2) is 13.1 Å². The Hall–Kier alpha value is -0.960. The standard InChI is InChI=1S/C14H25N5O2S/c1-4-19-10-14(11(2)15-19)22(20,21)16-12-7-13-9-17(3)5-6-18(13)8-12/h10,12-13,16H,4-9H2,1-3H3/t12-,13-/m0/s1. The van der Waals surface area contributed by atoms with E-state index in [-0.39, 0.29) is 6.04 Å². The fourth-order valence-corrected chi connectivity index (χ4v) is 4.92. The van der Waals surface area contributed by atoms with E-state index >= 15 is 0 Å². The van der Waals surface area contributed by atoms with Gasteiger partial charge in [0.25, 0.3) is 0 Å². The van der Waals surface area contributed by atoms with Gasteiger partial charge in [0.2, 0.25) is 10.0 Å². The molecule has 1 aromatic rings. The summed E-state index contributed by atoms with van der Waals surface area (Å²) in [7, 11) is -1.37. The van der Waals surface area contributed by atoms with Crippen LogP contribution < -0.4 is 4.72 Å². The number of aryl methyl sites for hydroxylation is 2. The molecule has 0 amide bonds. The molecular weight excluding hydrogens is 302 g/mol. The third kappa shape index (κ3) is 3.05. The lowest BCUT2D eigenvalue weighted by atomic mass is 10.1. The minimum atomic E-state index is -3.49. The highest BCUT2D eigenvalue weighted by Gasteiger charge is 2.37. The van der Waals surface area contributed by atoms with Crippen LogP contribution in [0.1, 0.15) is 19.0 Å². The lowest BCUT2D eigenvalue weighted by molar-refractivity contribution is 0.124. The summed E-state index contributed by atoms with van der Waals surface area (Å²) in [6, 6.07) is 0.455. The van der Waals surface area contributed by atoms with Crippen LogP contribution in [0.15, 0.2) is 11.1 Å². The Morgan fingerprint density at radius 2 is 2.14 bits per heavy atom. The number of hydrogen-bond acceptors (Lipinski definition) is 5. The van der Waals surface area contributed by atoms with Gasteiger partial charge in [0.1, 0.15) is 4.90 Å². The number of likely N-dealkylation sites (N-methyl/N-ethyl adjacent to an activating group) is 1. The molecule has 0 bridgehead atoms. The molecule has 8 heteroatoms. The van der Waals surface area contributed by atoms with Gasteiger partial charge in [-0.15, -0.1) is 0 Å². The van der Waals surface area contributed by atoms with Crippen molar-refractivity contribution < 1.29 is 8.42 Å². The van der Waals surface area contributed by atoms with E-state index in [9.17, 15) is 8.42 Å². The zero-order valence-corrected chi connectivity index (χ0v) is 14.3. The number of aromatic nitrogens is 2. The zero-order valence-electron chi connectivity index (χ0n) is 13.5. The molecule has 3 heterocycles. The number of rotatable bonds is 4. The SMILES string of the molecule is CCn1cc(S(=O)(=O)N[C@H]2C[C@H]3CN(C)CCN3C2)c(C)n1. The first kappa shape index (κ1) is 15.9. The summed E-state index contributed by atoms with van der Waals surface area (Å²) in [5.74, 6) is 0. The number of fused-ring (bicyclic) bond motifs is 1. The molecule has 2 fully saturated rings. The third-order valence-corrected chi connectivity index (χ3v) is 6.28. The molecule has 1 aromatic heterocycles. The predicted molar refractivity (Wildman–Crippen MR) is 84.2 cm³/mol. The lowest BCUT2D eigenvalue weighted by Crippen LogP contribution is -2.48. The van der Waals surface area contributed by atoms with Crippen LogP contribution in [-0.4, -0.2) is 73.3 Å². The Balaban J connectivity index is 1.71. The first-order valence-electron chi connectivity index (χ1n) is 7.88. The molecule has 0 aromatic carbocycles. The van der Waals surface area contributed by atoms with Crippen LogP contribution in [0.2, 0.25) is 0 Å². The second kappa shape index (κ2) is 5.92. The predicted octanol–water partition coefficient (Wildman–Crippen LogP) is -0.122. The number of nitrogens with one attached hydrogen (secondary N) is 1. The van der Waals surface area contributed by atoms with Gasteiger partial charge in [0.05, 0.1) is 5.69 Å². The number of hydrogen-bond donors (Lipinski definition) is 1. The van der Waals surface area contributed by atoms with Gasteiger partial charge in [-0.1, -0.05) is 0 Å². The molecule has 0 radical (unpaired) electrons. The van der Waals surface area contributed by atoms with Crippen molar-refractivity contribution in [2.75, 3.05) is 33.2 Å². The van der Waals surface area contributed by atoms with E-state index < -0.39 is 10.0 Å². The largest absolute Gasteiger partial charge is 0.304 e. The molecule has 2 saturated heterocycles. The van der Waals surface area contributed by atoms with Crippen molar-refractivity contribution in [1.29, 1.82) is 0 Å². The van der Waals surface area contributed by atoms with Gasteiger partial charge in [0.15, 0.2) is 0 Å². The van der Waals surface area contributed by atoms with E-state index in [0.29, 0.717) is 23.2 Å². The van der Waals surface area contributed by atoms with Crippen molar-refractivity contribution in [2.45, 2.75) is 43.8 Å². The number of sulfonamides is 1. The highest BCUT2D eigenvalue weighted by molar-refractivity contribution is 7.89. The molecule has 3 rings (SSSR count). The third-order valence-electron chi connectivity index (χ3n) is 4.66. The van der Waals surface area contributed by atoms with E-state index in [2.05, 4.69) is 26.7 Å². The molecule has 2 aliphatic heterocycles. The lowest BCUT2D eigenvalue weighted by Gasteiger charge is -2.35. The second-order valence-corrected chi connectivity index (χ2v) is 8.08. The highest BCUT2D eigenvalue weighted by Crippen LogP contribution is 2.23. The van der Waals surface area contributed by atoms with Crippen molar-refractivity contribution in [3.05, 3.63) is 11.9 Å². The maximum atomic E-state index is 12.6. The van der Waals surface area contributed by atoms with Crippen molar-refractivity contribution in [2.24, 2.45) is 0 Å². The Morgan fingerprint density at radius 3 is 2.82 bits per heavy atom. The van der Waals surface area contributed by atoms with Crippen LogP contribution in [0, 0.1) is 6.92 Å². The molecule has 2 aliphatic rings. The van der Waals surface area contributed by atoms with Crippen molar-refractivity contribution in [3.8, 4) is 0 Å². The zero-order chi connectivity index (χ0) is 15.9. The van der Waals surface area contributed by atoms with E-state index in [0.717, 1.165) is 32.6 Å². The first-order valence-corrected chi connectivity index (χ1v) is 9.36. The number of piperazine rings is 1. The molecule has 0 saturated carbocycles. The average Bonchev–Trinajstić information content (AvgIpc) is 3.00. The van der Waals surface area contributed by atoms with Crippen molar-refractivity contribution in [1.82, 2.24) is 24.3 Å². The van der Waals surface area contributed by atoms with Gasteiger partial charge in [-0.3, -0.25) is 9.58 Å². The molecule has 22 heavy (non-hydrogen) atoms. The van der Waals surface area contributed by atoms with E-state index in [4.69, 9.17) is 0 Å². The van der Waals surface area contributed by atoms with Crippen LogP contribution in [0.25, 0.3) is 0 Å². The number of nitrogens with zero attached hydrogens (tertiary/aromatic N) is 4. The van der Waals surface area contributed by atoms with Crippen LogP contribution in [0.4, 0.5) is 0 Å². The van der Waals surface area contributed by atoms with E-state index in [1.807, 2.05) is 6.92 Å². The summed E-state index contributed by atoms with van der Waals surface area (Å²) in [5, 5.41) is 4.23. The summed E-state index contributed by atoms with van der Waals surface area (Å²) in [6.07, 6.45) is 2.50. The molecule has 0 aliphatic carbocycles. The van der Waals surface area contributed by atoms with Gasteiger partial charge in [-0.2, -0.15) is 5.10 Å². The molecular formula is C14H25N5O2S. The van der Waals surface area contributed by atoms with E-state index in [1.165, 1.54) is 0 Å². The fraction of sp³-hybridized carbons (Fsp3) is 0.786. The van der Waals surface area contributed by atoms with Gasteiger partial charge in [-0.05, 0) is 27.3 Å². The van der Waals surface area contributed by atoms with Crippen LogP contribution in [0.5, 0.6) is 0 Å². The molecule has 124 valence electrons. The summed E-state index contributed by atoms with van der Waals surface area (Å²) < 4.78 is 29.8. The Bertz CT molecular complexity index is 642. The topological polar surface area (TPSA) is 70.5 Å². The molecule has 0 unspecified atom stereocenters. The maximum Gasteiger partial charge on any atom is 0.244 e. The monoisotopic (exact) mass is 327 g/mol. The quantitative estimate of drug-likeness (QED) is 0.835. The highest BCUT2D eigenvalue weighted by atomic mass is 32.2. The summed E-state index contributed by atoms with van der Waals surface area (Å²) in [5.41, 5.74) is 0.560. The molecule has 2 atom stereocenters. The second-order valence-electron chi connectivity index (χ2n) is 6.40. The van der Waals surface area contributed by atoms with Crippen molar-refractivity contribution in [3.63, 3.8) is 0 Å². The molecule has 7 nitrogen and oxygen atoms in total.